The quantitative estimate of drug-likeness (QED) is 0.748. The monoisotopic (exact) mass is 305 g/mol. The molecule has 0 aromatic rings. The number of rotatable bonds is 0. The first kappa shape index (κ1) is 13.8. The fraction of sp³-hybridized carbons (Fsp3) is 0.944. The van der Waals surface area contributed by atoms with Crippen LogP contribution in [0.4, 0.5) is 0 Å². The molecule has 4 heteroatoms. The summed E-state index contributed by atoms with van der Waals surface area (Å²) in [6.07, 6.45) is 9.33. The van der Waals surface area contributed by atoms with Crippen LogP contribution in [0.15, 0.2) is 0 Å². The van der Waals surface area contributed by atoms with Crippen molar-refractivity contribution in [3.05, 3.63) is 0 Å². The number of ether oxygens (including phenoxy) is 2. The Morgan fingerprint density at radius 3 is 2.50 bits per heavy atom. The van der Waals surface area contributed by atoms with Gasteiger partial charge in [0.1, 0.15) is 0 Å². The summed E-state index contributed by atoms with van der Waals surface area (Å²) in [4.78, 5) is 11.7. The Morgan fingerprint density at radius 2 is 1.64 bits per heavy atom. The van der Waals surface area contributed by atoms with E-state index in [-0.39, 0.29) is 11.7 Å². The van der Waals surface area contributed by atoms with E-state index in [1.54, 1.807) is 0 Å². The lowest BCUT2D eigenvalue weighted by Gasteiger charge is -2.52. The molecule has 2 aliphatic heterocycles. The van der Waals surface area contributed by atoms with Gasteiger partial charge in [-0.05, 0) is 62.2 Å². The van der Waals surface area contributed by atoms with Crippen LogP contribution in [0.1, 0.15) is 51.4 Å². The Hall–Kier alpha value is -0.610. The minimum absolute atomic E-state index is 0.215. The highest BCUT2D eigenvalue weighted by atomic mass is 16.7. The van der Waals surface area contributed by atoms with Crippen molar-refractivity contribution < 1.29 is 14.3 Å². The van der Waals surface area contributed by atoms with Crippen LogP contribution < -0.4 is 5.32 Å². The lowest BCUT2D eigenvalue weighted by Crippen LogP contribution is -2.55. The minimum atomic E-state index is -0.215. The molecule has 5 fully saturated rings. The molecular formula is C18H27NO3. The summed E-state index contributed by atoms with van der Waals surface area (Å²) in [5.74, 6) is 3.91. The van der Waals surface area contributed by atoms with E-state index in [2.05, 4.69) is 5.32 Å². The number of carbonyl (C=O) groups excluding carboxylic acids is 1. The maximum atomic E-state index is 11.7. The SMILES string of the molecule is O=C1CCC2C(CCC3C2CCC2C3CCC23OCCO3)N1. The van der Waals surface area contributed by atoms with Crippen LogP contribution in [0, 0.1) is 29.6 Å². The van der Waals surface area contributed by atoms with Crippen molar-refractivity contribution in [2.75, 3.05) is 13.2 Å². The number of hydrogen-bond acceptors (Lipinski definition) is 3. The molecule has 6 atom stereocenters. The summed E-state index contributed by atoms with van der Waals surface area (Å²) in [5.41, 5.74) is 0. The van der Waals surface area contributed by atoms with E-state index in [1.807, 2.05) is 0 Å². The number of fused-ring (bicyclic) bond motifs is 6. The van der Waals surface area contributed by atoms with Gasteiger partial charge in [-0.1, -0.05) is 0 Å². The zero-order chi connectivity index (χ0) is 14.7. The molecule has 1 amide bonds. The first-order valence-corrected chi connectivity index (χ1v) is 9.34. The van der Waals surface area contributed by atoms with Crippen molar-refractivity contribution in [2.45, 2.75) is 63.2 Å². The second-order valence-corrected chi connectivity index (χ2v) is 8.18. The second-order valence-electron chi connectivity index (χ2n) is 8.18. The Bertz CT molecular complexity index is 473. The van der Waals surface area contributed by atoms with Crippen LogP contribution >= 0.6 is 0 Å². The molecule has 6 unspecified atom stereocenters. The number of hydrogen-bond donors (Lipinski definition) is 1. The van der Waals surface area contributed by atoms with Crippen LogP contribution in [-0.4, -0.2) is 30.9 Å². The van der Waals surface area contributed by atoms with Crippen molar-refractivity contribution in [1.82, 2.24) is 5.32 Å². The molecule has 122 valence electrons. The van der Waals surface area contributed by atoms with E-state index >= 15 is 0 Å². The molecule has 4 nitrogen and oxygen atoms in total. The molecule has 2 heterocycles. The van der Waals surface area contributed by atoms with Gasteiger partial charge >= 0.3 is 0 Å². The smallest absolute Gasteiger partial charge is 0.220 e. The third-order valence-electron chi connectivity index (χ3n) is 7.52. The van der Waals surface area contributed by atoms with Crippen molar-refractivity contribution >= 4 is 5.91 Å². The van der Waals surface area contributed by atoms with Crippen LogP contribution in [0.25, 0.3) is 0 Å². The second kappa shape index (κ2) is 4.94. The fourth-order valence-electron chi connectivity index (χ4n) is 6.77. The Morgan fingerprint density at radius 1 is 0.864 bits per heavy atom. The van der Waals surface area contributed by atoms with Gasteiger partial charge in [-0.3, -0.25) is 4.79 Å². The molecule has 5 rings (SSSR count). The molecule has 0 bridgehead atoms. The Balaban J connectivity index is 1.38. The summed E-state index contributed by atoms with van der Waals surface area (Å²) in [6.45, 7) is 1.57. The summed E-state index contributed by atoms with van der Waals surface area (Å²) >= 11 is 0. The summed E-state index contributed by atoms with van der Waals surface area (Å²) in [5, 5.41) is 3.27. The van der Waals surface area contributed by atoms with Gasteiger partial charge in [0.25, 0.3) is 0 Å². The van der Waals surface area contributed by atoms with E-state index < -0.39 is 0 Å². The van der Waals surface area contributed by atoms with Gasteiger partial charge in [0.05, 0.1) is 13.2 Å². The van der Waals surface area contributed by atoms with E-state index in [0.717, 1.165) is 56.1 Å². The average molecular weight is 305 g/mol. The molecule has 22 heavy (non-hydrogen) atoms. The zero-order valence-corrected chi connectivity index (χ0v) is 13.3. The van der Waals surface area contributed by atoms with Crippen LogP contribution in [0.3, 0.4) is 0 Å². The van der Waals surface area contributed by atoms with Crippen molar-refractivity contribution in [3.63, 3.8) is 0 Å². The summed E-state index contributed by atoms with van der Waals surface area (Å²) in [6, 6.07) is 0.466. The molecule has 0 aromatic heterocycles. The number of carbonyl (C=O) groups is 1. The van der Waals surface area contributed by atoms with Gasteiger partial charge in [0, 0.05) is 24.8 Å². The molecule has 3 saturated carbocycles. The Labute approximate surface area is 132 Å². The predicted octanol–water partition coefficient (Wildman–Crippen LogP) is 2.47. The Kier molecular flexibility index (Phi) is 3.10. The molecule has 5 aliphatic rings. The van der Waals surface area contributed by atoms with Crippen LogP contribution in [-0.2, 0) is 14.3 Å². The standard InChI is InChI=1S/C18H27NO3/c20-17-6-3-14-12-1-4-15-13(11(12)2-5-16(14)19-17)7-8-18(15)21-9-10-22-18/h11-16H,1-10H2,(H,19,20). The third kappa shape index (κ3) is 1.86. The predicted molar refractivity (Wildman–Crippen MR) is 81.0 cm³/mol. The van der Waals surface area contributed by atoms with Crippen LogP contribution in [0.2, 0.25) is 0 Å². The lowest BCUT2D eigenvalue weighted by molar-refractivity contribution is -0.199. The van der Waals surface area contributed by atoms with E-state index in [4.69, 9.17) is 9.47 Å². The van der Waals surface area contributed by atoms with Gasteiger partial charge in [-0.2, -0.15) is 0 Å². The van der Waals surface area contributed by atoms with E-state index in [9.17, 15) is 4.79 Å². The third-order valence-corrected chi connectivity index (χ3v) is 7.52. The van der Waals surface area contributed by atoms with Gasteiger partial charge in [-0.15, -0.1) is 0 Å². The summed E-state index contributed by atoms with van der Waals surface area (Å²) in [7, 11) is 0. The first-order chi connectivity index (χ1) is 10.8. The van der Waals surface area contributed by atoms with Crippen molar-refractivity contribution in [3.8, 4) is 0 Å². The average Bonchev–Trinajstić information content (AvgIpc) is 3.15. The summed E-state index contributed by atoms with van der Waals surface area (Å²) < 4.78 is 12.2. The number of nitrogens with one attached hydrogen (secondary N) is 1. The van der Waals surface area contributed by atoms with Gasteiger partial charge in [-0.25, -0.2) is 0 Å². The molecule has 1 N–H and O–H groups in total. The van der Waals surface area contributed by atoms with Gasteiger partial charge in [0.2, 0.25) is 5.91 Å². The minimum Gasteiger partial charge on any atom is -0.353 e. The van der Waals surface area contributed by atoms with Gasteiger partial charge < -0.3 is 14.8 Å². The highest BCUT2D eigenvalue weighted by Gasteiger charge is 2.59. The first-order valence-electron chi connectivity index (χ1n) is 9.34. The molecule has 3 aliphatic carbocycles. The van der Waals surface area contributed by atoms with E-state index in [1.165, 1.54) is 32.1 Å². The topological polar surface area (TPSA) is 47.6 Å². The number of piperidine rings is 1. The highest BCUT2D eigenvalue weighted by Crippen LogP contribution is 2.59. The highest BCUT2D eigenvalue weighted by molar-refractivity contribution is 5.77. The maximum Gasteiger partial charge on any atom is 0.220 e. The molecular weight excluding hydrogens is 278 g/mol. The van der Waals surface area contributed by atoms with Gasteiger partial charge in [0.15, 0.2) is 5.79 Å². The van der Waals surface area contributed by atoms with Crippen molar-refractivity contribution in [2.24, 2.45) is 29.6 Å². The maximum absolute atomic E-state index is 11.7. The number of amides is 1. The van der Waals surface area contributed by atoms with Crippen LogP contribution in [0.5, 0.6) is 0 Å². The molecule has 2 saturated heterocycles. The molecule has 1 spiro atoms. The molecule has 0 radical (unpaired) electrons. The normalized spacial score (nSPS) is 49.4. The van der Waals surface area contributed by atoms with E-state index in [0.29, 0.717) is 12.0 Å². The molecule has 0 aromatic carbocycles. The lowest BCUT2D eigenvalue weighted by atomic mass is 9.56. The zero-order valence-electron chi connectivity index (χ0n) is 13.3. The largest absolute Gasteiger partial charge is 0.353 e. The fourth-order valence-corrected chi connectivity index (χ4v) is 6.77. The van der Waals surface area contributed by atoms with Crippen molar-refractivity contribution in [1.29, 1.82) is 0 Å².